The number of carboxylic acids is 1. The maximum Gasteiger partial charge on any atom is 0.335 e. The lowest BCUT2D eigenvalue weighted by Gasteiger charge is -2.11. The number of hydrogen-bond donors (Lipinski definition) is 1. The molecule has 35 heavy (non-hydrogen) atoms. The van der Waals surface area contributed by atoms with Crippen molar-refractivity contribution in [3.05, 3.63) is 80.9 Å². The number of carbonyl (C=O) groups is 2. The number of carbonyl (C=O) groups excluding carboxylic acids is 1. The quantitative estimate of drug-likeness (QED) is 0.270. The molecule has 4 rings (SSSR count). The number of likely N-dealkylation sites (N-methyl/N-ethyl adjacent to an activating group) is 1. The first-order chi connectivity index (χ1) is 16.8. The Morgan fingerprint density at radius 2 is 1.97 bits per heavy atom. The maximum absolute atomic E-state index is 12.9. The molecule has 2 aromatic carbocycles. The molecule has 11 heteroatoms. The lowest BCUT2D eigenvalue weighted by molar-refractivity contribution is -0.384. The third-order valence-corrected chi connectivity index (χ3v) is 6.12. The van der Waals surface area contributed by atoms with Crippen LogP contribution in [0.4, 0.5) is 11.4 Å². The molecule has 0 bridgehead atoms. The molecule has 1 saturated heterocycles. The van der Waals surface area contributed by atoms with Crippen LogP contribution in [0.3, 0.4) is 0 Å². The van der Waals surface area contributed by atoms with Crippen molar-refractivity contribution in [2.45, 2.75) is 6.92 Å². The van der Waals surface area contributed by atoms with Crippen molar-refractivity contribution in [1.29, 1.82) is 0 Å². The molecule has 1 aliphatic rings. The van der Waals surface area contributed by atoms with Crippen molar-refractivity contribution < 1.29 is 28.8 Å². The first-order valence-corrected chi connectivity index (χ1v) is 11.2. The molecular weight excluding hydrogens is 474 g/mol. The van der Waals surface area contributed by atoms with E-state index in [9.17, 15) is 19.7 Å². The predicted octanol–water partition coefficient (Wildman–Crippen LogP) is 5.19. The van der Waals surface area contributed by atoms with Crippen LogP contribution in [0.2, 0.25) is 0 Å². The van der Waals surface area contributed by atoms with Crippen LogP contribution in [0, 0.1) is 10.1 Å². The normalized spacial score (nSPS) is 15.7. The van der Waals surface area contributed by atoms with Gasteiger partial charge in [0.15, 0.2) is 5.17 Å². The Bertz CT molecular complexity index is 1380. The number of aliphatic imine (C=N–C) groups is 1. The number of methoxy groups -OCH3 is 1. The minimum Gasteiger partial charge on any atom is -0.497 e. The molecule has 178 valence electrons. The van der Waals surface area contributed by atoms with Gasteiger partial charge in [-0.15, -0.1) is 0 Å². The summed E-state index contributed by atoms with van der Waals surface area (Å²) in [7, 11) is 1.43. The molecule has 0 atom stereocenters. The van der Waals surface area contributed by atoms with Crippen LogP contribution in [-0.4, -0.2) is 45.6 Å². The van der Waals surface area contributed by atoms with Crippen LogP contribution in [0.15, 0.2) is 68.9 Å². The van der Waals surface area contributed by atoms with Crippen LogP contribution in [0.25, 0.3) is 17.4 Å². The highest BCUT2D eigenvalue weighted by molar-refractivity contribution is 8.18. The topological polar surface area (TPSA) is 135 Å². The first-order valence-electron chi connectivity index (χ1n) is 10.4. The lowest BCUT2D eigenvalue weighted by atomic mass is 10.1. The van der Waals surface area contributed by atoms with Gasteiger partial charge in [0.2, 0.25) is 0 Å². The third kappa shape index (κ3) is 4.94. The maximum atomic E-state index is 12.9. The molecule has 0 spiro atoms. The number of amides is 1. The summed E-state index contributed by atoms with van der Waals surface area (Å²) < 4.78 is 10.9. The molecule has 1 N–H and O–H groups in total. The van der Waals surface area contributed by atoms with Crippen LogP contribution in [-0.2, 0) is 4.79 Å². The summed E-state index contributed by atoms with van der Waals surface area (Å²) in [6, 6.07) is 13.7. The first kappa shape index (κ1) is 23.8. The van der Waals surface area contributed by atoms with E-state index in [0.29, 0.717) is 33.8 Å². The van der Waals surface area contributed by atoms with E-state index in [1.165, 1.54) is 30.2 Å². The van der Waals surface area contributed by atoms with Gasteiger partial charge >= 0.3 is 5.97 Å². The standard InChI is InChI=1S/C24H19N3O7S/c1-3-26-22(28)21(35-24(26)25-15-6-4-14(5-7-15)23(29)30)13-17-9-11-20(34-17)18-10-8-16(33-2)12-19(18)27(31)32/h4-13H,3H2,1-2H3,(H,29,30)/b21-13+,25-24?. The highest BCUT2D eigenvalue weighted by Crippen LogP contribution is 2.37. The fraction of sp³-hybridized carbons (Fsp3) is 0.125. The van der Waals surface area contributed by atoms with Crippen LogP contribution in [0.1, 0.15) is 23.0 Å². The highest BCUT2D eigenvalue weighted by Gasteiger charge is 2.32. The van der Waals surface area contributed by atoms with Crippen LogP contribution < -0.4 is 4.74 Å². The Morgan fingerprint density at radius 3 is 2.60 bits per heavy atom. The molecule has 3 aromatic rings. The molecule has 1 aromatic heterocycles. The van der Waals surface area contributed by atoms with Crippen molar-refractivity contribution in [3.8, 4) is 17.1 Å². The molecule has 0 unspecified atom stereocenters. The number of hydrogen-bond acceptors (Lipinski definition) is 8. The zero-order valence-corrected chi connectivity index (χ0v) is 19.4. The number of amidine groups is 1. The molecule has 10 nitrogen and oxygen atoms in total. The molecule has 1 aliphatic heterocycles. The zero-order chi connectivity index (χ0) is 25.1. The fourth-order valence-corrected chi connectivity index (χ4v) is 4.40. The number of benzene rings is 2. The summed E-state index contributed by atoms with van der Waals surface area (Å²) in [6.07, 6.45) is 1.56. The number of furan rings is 1. The van der Waals surface area contributed by atoms with Gasteiger partial charge in [-0.25, -0.2) is 9.79 Å². The second kappa shape index (κ2) is 9.85. The number of ether oxygens (including phenoxy) is 1. The largest absolute Gasteiger partial charge is 0.497 e. The molecule has 0 aliphatic carbocycles. The van der Waals surface area contributed by atoms with E-state index in [-0.39, 0.29) is 28.5 Å². The van der Waals surface area contributed by atoms with E-state index >= 15 is 0 Å². The zero-order valence-electron chi connectivity index (χ0n) is 18.6. The highest BCUT2D eigenvalue weighted by atomic mass is 32.2. The molecule has 2 heterocycles. The van der Waals surface area contributed by atoms with Crippen molar-refractivity contribution >= 4 is 46.3 Å². The number of aromatic carboxylic acids is 1. The summed E-state index contributed by atoms with van der Waals surface area (Å²) in [5.41, 5.74) is 0.776. The van der Waals surface area contributed by atoms with Gasteiger partial charge < -0.3 is 14.3 Å². The average Bonchev–Trinajstić information content (AvgIpc) is 3.43. The fourth-order valence-electron chi connectivity index (χ4n) is 3.36. The van der Waals surface area contributed by atoms with Gasteiger partial charge in [-0.1, -0.05) is 0 Å². The van der Waals surface area contributed by atoms with Gasteiger partial charge in [-0.05, 0) is 67.2 Å². The van der Waals surface area contributed by atoms with Crippen LogP contribution in [0.5, 0.6) is 5.75 Å². The van der Waals surface area contributed by atoms with Gasteiger partial charge in [-0.2, -0.15) is 0 Å². The Balaban J connectivity index is 1.62. The Morgan fingerprint density at radius 1 is 1.23 bits per heavy atom. The van der Waals surface area contributed by atoms with Gasteiger partial charge in [0, 0.05) is 12.6 Å². The van der Waals surface area contributed by atoms with E-state index in [1.807, 2.05) is 6.92 Å². The molecule has 0 saturated carbocycles. The minimum absolute atomic E-state index is 0.141. The van der Waals surface area contributed by atoms with E-state index < -0.39 is 10.9 Å². The second-order valence-electron chi connectivity index (χ2n) is 7.25. The van der Waals surface area contributed by atoms with Crippen molar-refractivity contribution in [1.82, 2.24) is 4.90 Å². The van der Waals surface area contributed by atoms with E-state index in [2.05, 4.69) is 4.99 Å². The number of nitro groups is 1. The smallest absolute Gasteiger partial charge is 0.335 e. The van der Waals surface area contributed by atoms with Crippen molar-refractivity contribution in [2.24, 2.45) is 4.99 Å². The summed E-state index contributed by atoms with van der Waals surface area (Å²) in [6.45, 7) is 2.20. The Labute approximate surface area is 203 Å². The van der Waals surface area contributed by atoms with E-state index in [1.54, 1.807) is 42.5 Å². The van der Waals surface area contributed by atoms with Gasteiger partial charge in [-0.3, -0.25) is 19.8 Å². The predicted molar refractivity (Wildman–Crippen MR) is 131 cm³/mol. The van der Waals surface area contributed by atoms with Crippen molar-refractivity contribution in [2.75, 3.05) is 13.7 Å². The van der Waals surface area contributed by atoms with Crippen LogP contribution >= 0.6 is 11.8 Å². The molecule has 0 radical (unpaired) electrons. The summed E-state index contributed by atoms with van der Waals surface area (Å²) in [5.74, 6) is -0.309. The van der Waals surface area contributed by atoms with Gasteiger partial charge in [0.25, 0.3) is 11.6 Å². The summed E-state index contributed by atoms with van der Waals surface area (Å²) in [4.78, 5) is 41.3. The number of carboxylic acid groups (broad SMARTS) is 1. The monoisotopic (exact) mass is 493 g/mol. The Kier molecular flexibility index (Phi) is 6.69. The third-order valence-electron chi connectivity index (χ3n) is 5.11. The van der Waals surface area contributed by atoms with Gasteiger partial charge in [0.1, 0.15) is 17.3 Å². The molecular formula is C24H19N3O7S. The lowest BCUT2D eigenvalue weighted by Crippen LogP contribution is -2.28. The Hall–Kier alpha value is -4.38. The minimum atomic E-state index is -1.03. The number of nitro benzene ring substituents is 1. The SMILES string of the molecule is CCN1C(=O)/C(=C\c2ccc(-c3ccc(OC)cc3[N+](=O)[O-])o2)SC1=Nc1ccc(C(=O)O)cc1. The number of thioether (sulfide) groups is 1. The van der Waals surface area contributed by atoms with Gasteiger partial charge in [0.05, 0.1) is 39.8 Å². The average molecular weight is 493 g/mol. The van der Waals surface area contributed by atoms with Crippen molar-refractivity contribution in [3.63, 3.8) is 0 Å². The second-order valence-corrected chi connectivity index (χ2v) is 8.26. The van der Waals surface area contributed by atoms with E-state index in [0.717, 1.165) is 11.8 Å². The summed E-state index contributed by atoms with van der Waals surface area (Å²) in [5, 5.41) is 21.0. The van der Waals surface area contributed by atoms with E-state index in [4.69, 9.17) is 14.3 Å². The molecule has 1 amide bonds. The number of rotatable bonds is 7. The summed E-state index contributed by atoms with van der Waals surface area (Å²) >= 11 is 1.16. The number of nitrogens with zero attached hydrogens (tertiary/aromatic N) is 3. The molecule has 1 fully saturated rings.